The third kappa shape index (κ3) is 3.07. The molecule has 0 spiro atoms. The van der Waals surface area contributed by atoms with Gasteiger partial charge in [0, 0.05) is 37.3 Å². The molecular formula is C21H22N4O2. The lowest BCUT2D eigenvalue weighted by molar-refractivity contribution is 0.0742. The Hall–Kier alpha value is -3.15. The highest BCUT2D eigenvalue weighted by Crippen LogP contribution is 2.24. The molecule has 0 radical (unpaired) electrons. The van der Waals surface area contributed by atoms with E-state index >= 15 is 0 Å². The van der Waals surface area contributed by atoms with Gasteiger partial charge in [0.05, 0.1) is 5.39 Å². The number of nitrogens with zero attached hydrogens (tertiary/aromatic N) is 3. The average molecular weight is 362 g/mol. The summed E-state index contributed by atoms with van der Waals surface area (Å²) in [6, 6.07) is 13.4. The number of aromatic amines is 1. The largest absolute Gasteiger partial charge is 0.368 e. The molecule has 2 heterocycles. The van der Waals surface area contributed by atoms with Gasteiger partial charge < -0.3 is 9.80 Å². The summed E-state index contributed by atoms with van der Waals surface area (Å²) >= 11 is 0. The number of aromatic nitrogens is 2. The Balaban J connectivity index is 1.55. The first-order chi connectivity index (χ1) is 13.1. The fourth-order valence-corrected chi connectivity index (χ4v) is 3.66. The van der Waals surface area contributed by atoms with E-state index in [1.165, 1.54) is 16.8 Å². The van der Waals surface area contributed by atoms with Crippen LogP contribution >= 0.6 is 0 Å². The van der Waals surface area contributed by atoms with E-state index in [9.17, 15) is 9.59 Å². The van der Waals surface area contributed by atoms with Gasteiger partial charge in [0.1, 0.15) is 0 Å². The zero-order chi connectivity index (χ0) is 19.0. The molecule has 3 aromatic rings. The molecule has 1 fully saturated rings. The summed E-state index contributed by atoms with van der Waals surface area (Å²) in [5.41, 5.74) is 3.82. The van der Waals surface area contributed by atoms with Crippen molar-refractivity contribution in [2.45, 2.75) is 13.8 Å². The zero-order valence-electron chi connectivity index (χ0n) is 15.5. The third-order valence-electron chi connectivity index (χ3n) is 5.38. The number of benzene rings is 2. The van der Waals surface area contributed by atoms with Crippen molar-refractivity contribution in [3.8, 4) is 0 Å². The first kappa shape index (κ1) is 17.3. The number of fused-ring (bicyclic) bond motifs is 1. The molecule has 1 aromatic heterocycles. The van der Waals surface area contributed by atoms with Crippen molar-refractivity contribution in [2.24, 2.45) is 0 Å². The van der Waals surface area contributed by atoms with E-state index in [1.807, 2.05) is 11.0 Å². The van der Waals surface area contributed by atoms with Crippen molar-refractivity contribution in [1.82, 2.24) is 15.1 Å². The summed E-state index contributed by atoms with van der Waals surface area (Å²) in [6.45, 7) is 7.06. The van der Waals surface area contributed by atoms with Crippen LogP contribution < -0.4 is 10.5 Å². The summed E-state index contributed by atoms with van der Waals surface area (Å²) in [4.78, 5) is 29.1. The van der Waals surface area contributed by atoms with Crippen LogP contribution in [0.3, 0.4) is 0 Å². The van der Waals surface area contributed by atoms with Gasteiger partial charge in [-0.2, -0.15) is 5.10 Å². The molecule has 138 valence electrons. The van der Waals surface area contributed by atoms with Gasteiger partial charge in [-0.15, -0.1) is 0 Å². The molecule has 0 bridgehead atoms. The van der Waals surface area contributed by atoms with E-state index in [-0.39, 0.29) is 11.5 Å². The minimum Gasteiger partial charge on any atom is -0.368 e. The van der Waals surface area contributed by atoms with E-state index < -0.39 is 0 Å². The van der Waals surface area contributed by atoms with Crippen molar-refractivity contribution in [3.05, 3.63) is 69.6 Å². The lowest BCUT2D eigenvalue weighted by Crippen LogP contribution is -2.49. The van der Waals surface area contributed by atoms with Crippen molar-refractivity contribution in [1.29, 1.82) is 0 Å². The van der Waals surface area contributed by atoms with Crippen molar-refractivity contribution < 1.29 is 4.79 Å². The van der Waals surface area contributed by atoms with Gasteiger partial charge >= 0.3 is 0 Å². The lowest BCUT2D eigenvalue weighted by atomic mass is 10.1. The number of H-pyrrole nitrogens is 1. The molecule has 27 heavy (non-hydrogen) atoms. The number of carbonyl (C=O) groups excluding carboxylic acids is 1. The highest BCUT2D eigenvalue weighted by molar-refractivity contribution is 6.04. The molecule has 2 aromatic carbocycles. The number of hydrogen-bond donors (Lipinski definition) is 1. The fourth-order valence-electron chi connectivity index (χ4n) is 3.66. The molecule has 0 saturated carbocycles. The molecule has 6 nitrogen and oxygen atoms in total. The second kappa shape index (κ2) is 6.87. The Labute approximate surface area is 157 Å². The Bertz CT molecular complexity index is 1070. The maximum absolute atomic E-state index is 13.0. The predicted molar refractivity (Wildman–Crippen MR) is 106 cm³/mol. The van der Waals surface area contributed by atoms with E-state index in [4.69, 9.17) is 0 Å². The van der Waals surface area contributed by atoms with Crippen LogP contribution in [0.4, 0.5) is 5.69 Å². The van der Waals surface area contributed by atoms with Crippen LogP contribution in [0.2, 0.25) is 0 Å². The Kier molecular flexibility index (Phi) is 4.39. The molecule has 0 aliphatic carbocycles. The maximum Gasteiger partial charge on any atom is 0.275 e. The molecule has 6 heteroatoms. The minimum atomic E-state index is -0.276. The first-order valence-corrected chi connectivity index (χ1v) is 9.14. The summed E-state index contributed by atoms with van der Waals surface area (Å²) in [7, 11) is 0. The van der Waals surface area contributed by atoms with E-state index in [0.29, 0.717) is 29.6 Å². The van der Waals surface area contributed by atoms with Crippen LogP contribution in [0.5, 0.6) is 0 Å². The van der Waals surface area contributed by atoms with Gasteiger partial charge in [-0.05, 0) is 37.1 Å². The fraction of sp³-hybridized carbons (Fsp3) is 0.286. The van der Waals surface area contributed by atoms with Crippen molar-refractivity contribution in [2.75, 3.05) is 31.1 Å². The summed E-state index contributed by atoms with van der Waals surface area (Å²) in [6.07, 6.45) is 0. The number of amides is 1. The maximum atomic E-state index is 13.0. The molecular weight excluding hydrogens is 340 g/mol. The summed E-state index contributed by atoms with van der Waals surface area (Å²) in [5.74, 6) is -0.136. The second-order valence-corrected chi connectivity index (χ2v) is 6.95. The number of hydrogen-bond acceptors (Lipinski definition) is 4. The van der Waals surface area contributed by atoms with E-state index in [1.54, 1.807) is 18.2 Å². The summed E-state index contributed by atoms with van der Waals surface area (Å²) in [5, 5.41) is 7.58. The van der Waals surface area contributed by atoms with E-state index in [0.717, 1.165) is 13.1 Å². The lowest BCUT2D eigenvalue weighted by Gasteiger charge is -2.37. The molecule has 4 rings (SSSR count). The number of anilines is 1. The van der Waals surface area contributed by atoms with Gasteiger partial charge in [-0.25, -0.2) is 5.10 Å². The SMILES string of the molecule is Cc1cccc(N2CCN(C(=O)c3n[nH]c(=O)c4ccccc34)CC2)c1C. The Morgan fingerprint density at radius 3 is 2.41 bits per heavy atom. The third-order valence-corrected chi connectivity index (χ3v) is 5.38. The average Bonchev–Trinajstić information content (AvgIpc) is 2.70. The quantitative estimate of drug-likeness (QED) is 0.760. The van der Waals surface area contributed by atoms with Crippen molar-refractivity contribution >= 4 is 22.4 Å². The molecule has 1 N–H and O–H groups in total. The van der Waals surface area contributed by atoms with Gasteiger partial charge in [-0.3, -0.25) is 9.59 Å². The van der Waals surface area contributed by atoms with Gasteiger partial charge in [0.2, 0.25) is 0 Å². The summed E-state index contributed by atoms with van der Waals surface area (Å²) < 4.78 is 0. The van der Waals surface area contributed by atoms with Crippen LogP contribution in [0.15, 0.2) is 47.3 Å². The standard InChI is InChI=1S/C21H22N4O2/c1-14-6-5-9-18(15(14)2)24-10-12-25(13-11-24)21(27)19-16-7-3-4-8-17(16)20(26)23-22-19/h3-9H,10-13H2,1-2H3,(H,23,26). The molecule has 0 unspecified atom stereocenters. The van der Waals surface area contributed by atoms with Crippen LogP contribution in [0.25, 0.3) is 10.8 Å². The van der Waals surface area contributed by atoms with E-state index in [2.05, 4.69) is 47.1 Å². The normalized spacial score (nSPS) is 14.6. The van der Waals surface area contributed by atoms with Gasteiger partial charge in [0.25, 0.3) is 11.5 Å². The first-order valence-electron chi connectivity index (χ1n) is 9.14. The molecule has 1 amide bonds. The number of piperazine rings is 1. The number of aryl methyl sites for hydroxylation is 1. The molecule has 1 aliphatic rings. The van der Waals surface area contributed by atoms with Crippen LogP contribution in [0, 0.1) is 13.8 Å². The molecule has 1 saturated heterocycles. The Morgan fingerprint density at radius 2 is 1.67 bits per heavy atom. The Morgan fingerprint density at radius 1 is 0.963 bits per heavy atom. The minimum absolute atomic E-state index is 0.136. The van der Waals surface area contributed by atoms with Gasteiger partial charge in [0.15, 0.2) is 5.69 Å². The van der Waals surface area contributed by atoms with Gasteiger partial charge in [-0.1, -0.05) is 30.3 Å². The van der Waals surface area contributed by atoms with Crippen LogP contribution in [-0.2, 0) is 0 Å². The number of carbonyl (C=O) groups is 1. The number of rotatable bonds is 2. The molecule has 0 atom stereocenters. The highest BCUT2D eigenvalue weighted by Gasteiger charge is 2.25. The second-order valence-electron chi connectivity index (χ2n) is 6.95. The van der Waals surface area contributed by atoms with Crippen molar-refractivity contribution in [3.63, 3.8) is 0 Å². The predicted octanol–water partition coefficient (Wildman–Crippen LogP) is 2.50. The zero-order valence-corrected chi connectivity index (χ0v) is 15.5. The number of nitrogens with one attached hydrogen (secondary N) is 1. The van der Waals surface area contributed by atoms with Crippen LogP contribution in [0.1, 0.15) is 21.6 Å². The molecule has 1 aliphatic heterocycles. The van der Waals surface area contributed by atoms with Crippen LogP contribution in [-0.4, -0.2) is 47.2 Å². The smallest absolute Gasteiger partial charge is 0.275 e. The monoisotopic (exact) mass is 362 g/mol. The highest BCUT2D eigenvalue weighted by atomic mass is 16.2. The topological polar surface area (TPSA) is 69.3 Å².